The lowest BCUT2D eigenvalue weighted by atomic mass is 9.94. The monoisotopic (exact) mass is 524 g/mol. The summed E-state index contributed by atoms with van der Waals surface area (Å²) in [4.78, 5) is 0. The molecule has 0 saturated carbocycles. The fourth-order valence-corrected chi connectivity index (χ4v) is 7.81. The Balaban J connectivity index is 1.31. The number of fused-ring (bicyclic) bond motifs is 7. The van der Waals surface area contributed by atoms with Crippen LogP contribution in [-0.4, -0.2) is 30.1 Å². The third kappa shape index (κ3) is 3.84. The summed E-state index contributed by atoms with van der Waals surface area (Å²) in [5.41, 5.74) is 2.43. The second-order valence-corrected chi connectivity index (χ2v) is 12.9. The van der Waals surface area contributed by atoms with Crippen LogP contribution in [0.2, 0.25) is 0 Å². The van der Waals surface area contributed by atoms with Crippen molar-refractivity contribution in [1.82, 2.24) is 0 Å². The topological polar surface area (TPSA) is 27.7 Å². The lowest BCUT2D eigenvalue weighted by molar-refractivity contribution is 0.140. The van der Waals surface area contributed by atoms with Crippen LogP contribution in [0.1, 0.15) is 0 Å². The summed E-state index contributed by atoms with van der Waals surface area (Å²) in [7, 11) is 2.04. The lowest BCUT2D eigenvalue weighted by Crippen LogP contribution is -2.54. The minimum atomic E-state index is -2.88. The van der Waals surface area contributed by atoms with Gasteiger partial charge in [0.1, 0.15) is 0 Å². The van der Waals surface area contributed by atoms with Gasteiger partial charge in [-0.1, -0.05) is 84.9 Å². The van der Waals surface area contributed by atoms with E-state index >= 15 is 0 Å². The van der Waals surface area contributed by atoms with Gasteiger partial charge in [-0.25, -0.2) is 0 Å². The first-order valence-electron chi connectivity index (χ1n) is 13.1. The van der Waals surface area contributed by atoms with Gasteiger partial charge in [-0.05, 0) is 95.3 Å². The summed E-state index contributed by atoms with van der Waals surface area (Å²) in [6.45, 7) is 0. The van der Waals surface area contributed by atoms with E-state index in [9.17, 15) is 0 Å². The van der Waals surface area contributed by atoms with Crippen molar-refractivity contribution in [1.29, 1.82) is 0 Å². The van der Waals surface area contributed by atoms with Gasteiger partial charge >= 0.3 is 8.80 Å². The quantitative estimate of drug-likeness (QED) is 0.129. The fraction of sp³-hybridized carbons (Fsp3) is 0.0857. The smallest absolute Gasteiger partial charge is 0.373 e. The van der Waals surface area contributed by atoms with Crippen LogP contribution < -0.4 is 5.19 Å². The lowest BCUT2D eigenvalue weighted by Gasteiger charge is -2.24. The van der Waals surface area contributed by atoms with Crippen molar-refractivity contribution in [2.24, 2.45) is 0 Å². The Morgan fingerprint density at radius 2 is 0.846 bits per heavy atom. The van der Waals surface area contributed by atoms with Crippen LogP contribution in [0.3, 0.4) is 0 Å². The normalized spacial score (nSPS) is 12.3. The highest BCUT2D eigenvalue weighted by atomic mass is 28.4. The summed E-state index contributed by atoms with van der Waals surface area (Å²) in [6, 6.07) is 41.9. The van der Waals surface area contributed by atoms with E-state index in [0.29, 0.717) is 0 Å². The maximum Gasteiger partial charge on any atom is 0.536 e. The van der Waals surface area contributed by atoms with Gasteiger partial charge < -0.3 is 13.3 Å². The summed E-state index contributed by atoms with van der Waals surface area (Å²) < 4.78 is 17.1. The molecule has 0 atom stereocenters. The Hall–Kier alpha value is -4.06. The van der Waals surface area contributed by atoms with Crippen LogP contribution in [0, 0.1) is 0 Å². The molecule has 0 spiro atoms. The fourth-order valence-electron chi connectivity index (χ4n) is 5.98. The molecule has 0 N–H and O–H groups in total. The minimum Gasteiger partial charge on any atom is -0.373 e. The first kappa shape index (κ1) is 24.0. The van der Waals surface area contributed by atoms with E-state index in [1.165, 1.54) is 59.6 Å². The molecule has 0 saturated heterocycles. The molecule has 0 unspecified atom stereocenters. The highest BCUT2D eigenvalue weighted by Crippen LogP contribution is 2.34. The number of benzene rings is 7. The molecule has 0 radical (unpaired) electrons. The van der Waals surface area contributed by atoms with E-state index in [-0.39, 0.29) is 0 Å². The molecule has 7 rings (SSSR count). The molecule has 190 valence electrons. The van der Waals surface area contributed by atoms with Crippen LogP contribution in [0.4, 0.5) is 0 Å². The average molecular weight is 525 g/mol. The molecule has 4 heteroatoms. The second kappa shape index (κ2) is 9.29. The molecule has 0 aromatic heterocycles. The third-order valence-corrected chi connectivity index (χ3v) is 10.7. The summed E-state index contributed by atoms with van der Waals surface area (Å²) in [5.74, 6) is 0. The van der Waals surface area contributed by atoms with Gasteiger partial charge in [0.05, 0.1) is 0 Å². The standard InChI is InChI=1S/C35H28O3Si/c1-36-39(37-2,38-3)31-14-17-33-30(21-31)11-9-27-19-25(12-15-32(27)33)26-13-16-34-28(20-26)8-10-29-18-23-6-4-5-7-24(23)22-35(29)34/h4-22H,1-3H3. The summed E-state index contributed by atoms with van der Waals surface area (Å²) >= 11 is 0. The first-order valence-corrected chi connectivity index (χ1v) is 14.8. The van der Waals surface area contributed by atoms with Crippen molar-refractivity contribution in [3.8, 4) is 11.1 Å². The molecule has 0 aliphatic rings. The Kier molecular flexibility index (Phi) is 5.72. The zero-order chi connectivity index (χ0) is 26.6. The van der Waals surface area contributed by atoms with E-state index in [4.69, 9.17) is 13.3 Å². The predicted molar refractivity (Wildman–Crippen MR) is 166 cm³/mol. The molecule has 0 amide bonds. The Morgan fingerprint density at radius 1 is 0.385 bits per heavy atom. The zero-order valence-corrected chi connectivity index (χ0v) is 23.2. The van der Waals surface area contributed by atoms with Crippen LogP contribution in [0.5, 0.6) is 0 Å². The van der Waals surface area contributed by atoms with Gasteiger partial charge in [0.25, 0.3) is 0 Å². The van der Waals surface area contributed by atoms with Crippen LogP contribution in [0.25, 0.3) is 65.0 Å². The SMILES string of the molecule is CO[Si](OC)(OC)c1ccc2c(ccc3cc(-c4ccc5c(ccc6cc7ccccc7cc65)c4)ccc32)c1. The molecular formula is C35H28O3Si. The van der Waals surface area contributed by atoms with Crippen LogP contribution in [-0.2, 0) is 13.3 Å². The molecule has 0 aliphatic carbocycles. The van der Waals surface area contributed by atoms with Gasteiger partial charge in [-0.3, -0.25) is 0 Å². The van der Waals surface area contributed by atoms with Gasteiger partial charge in [0.15, 0.2) is 0 Å². The second-order valence-electron chi connectivity index (χ2n) is 10.0. The summed E-state index contributed by atoms with van der Waals surface area (Å²) in [5, 5.41) is 13.4. The van der Waals surface area contributed by atoms with E-state index in [0.717, 1.165) is 10.6 Å². The molecular weight excluding hydrogens is 496 g/mol. The third-order valence-electron chi connectivity index (χ3n) is 8.03. The first-order chi connectivity index (χ1) is 19.1. The molecule has 7 aromatic carbocycles. The Bertz CT molecular complexity index is 2030. The van der Waals surface area contributed by atoms with E-state index < -0.39 is 8.80 Å². The van der Waals surface area contributed by atoms with Gasteiger partial charge in [0, 0.05) is 26.5 Å². The van der Waals surface area contributed by atoms with E-state index in [1.807, 2.05) is 0 Å². The number of rotatable bonds is 5. The van der Waals surface area contributed by atoms with Gasteiger partial charge in [0.2, 0.25) is 0 Å². The molecule has 0 aliphatic heterocycles. The number of hydrogen-bond donors (Lipinski definition) is 0. The maximum absolute atomic E-state index is 5.69. The van der Waals surface area contributed by atoms with E-state index in [1.54, 1.807) is 21.3 Å². The Labute approximate surface area is 228 Å². The van der Waals surface area contributed by atoms with Crippen molar-refractivity contribution < 1.29 is 13.3 Å². The van der Waals surface area contributed by atoms with E-state index in [2.05, 4.69) is 115 Å². The zero-order valence-electron chi connectivity index (χ0n) is 22.2. The average Bonchev–Trinajstić information content (AvgIpc) is 3.00. The highest BCUT2D eigenvalue weighted by Gasteiger charge is 2.40. The molecule has 0 bridgehead atoms. The van der Waals surface area contributed by atoms with Crippen LogP contribution in [0.15, 0.2) is 115 Å². The Morgan fingerprint density at radius 3 is 1.41 bits per heavy atom. The van der Waals surface area contributed by atoms with Crippen molar-refractivity contribution in [2.75, 3.05) is 21.3 Å². The molecule has 3 nitrogen and oxygen atoms in total. The largest absolute Gasteiger partial charge is 0.536 e. The maximum atomic E-state index is 5.69. The molecule has 7 aromatic rings. The molecule has 0 heterocycles. The van der Waals surface area contributed by atoms with Crippen molar-refractivity contribution in [2.45, 2.75) is 0 Å². The van der Waals surface area contributed by atoms with Crippen molar-refractivity contribution >= 4 is 67.9 Å². The van der Waals surface area contributed by atoms with Gasteiger partial charge in [-0.15, -0.1) is 0 Å². The van der Waals surface area contributed by atoms with Crippen molar-refractivity contribution in [3.05, 3.63) is 115 Å². The predicted octanol–water partition coefficient (Wildman–Crippen LogP) is 8.20. The van der Waals surface area contributed by atoms with Crippen LogP contribution >= 0.6 is 0 Å². The number of hydrogen-bond acceptors (Lipinski definition) is 3. The van der Waals surface area contributed by atoms with Gasteiger partial charge in [-0.2, -0.15) is 0 Å². The van der Waals surface area contributed by atoms with Crippen molar-refractivity contribution in [3.63, 3.8) is 0 Å². The molecule has 0 fully saturated rings. The minimum absolute atomic E-state index is 0.954. The highest BCUT2D eigenvalue weighted by molar-refractivity contribution is 6.75. The summed E-state index contributed by atoms with van der Waals surface area (Å²) in [6.07, 6.45) is 0. The molecule has 39 heavy (non-hydrogen) atoms.